The van der Waals surface area contributed by atoms with Crippen LogP contribution in [0.3, 0.4) is 0 Å². The number of thioether (sulfide) groups is 1. The molecule has 3 aromatic rings. The Kier molecular flexibility index (Phi) is 5.69. The summed E-state index contributed by atoms with van der Waals surface area (Å²) < 4.78 is 2.99. The van der Waals surface area contributed by atoms with E-state index in [2.05, 4.69) is 15.5 Å². The molecule has 0 fully saturated rings. The molecular weight excluding hydrogens is 374 g/mol. The van der Waals surface area contributed by atoms with Gasteiger partial charge in [0, 0.05) is 35.0 Å². The van der Waals surface area contributed by atoms with Crippen molar-refractivity contribution in [2.75, 3.05) is 11.6 Å². The maximum atomic E-state index is 12.7. The first-order chi connectivity index (χ1) is 13.3. The lowest BCUT2D eigenvalue weighted by molar-refractivity contribution is -0.119. The van der Waals surface area contributed by atoms with E-state index in [0.717, 1.165) is 21.8 Å². The molecule has 0 aliphatic rings. The van der Waals surface area contributed by atoms with Crippen molar-refractivity contribution in [3.8, 4) is 11.3 Å². The molecule has 0 radical (unpaired) electrons. The van der Waals surface area contributed by atoms with Gasteiger partial charge in [0.25, 0.3) is 5.56 Å². The summed E-state index contributed by atoms with van der Waals surface area (Å²) in [6, 6.07) is 9.91. The molecular formula is C20H23N5O2S. The van der Waals surface area contributed by atoms with Gasteiger partial charge in [-0.15, -0.1) is 11.8 Å². The molecule has 1 N–H and O–H groups in total. The van der Waals surface area contributed by atoms with Crippen LogP contribution >= 0.6 is 11.8 Å². The highest BCUT2D eigenvalue weighted by molar-refractivity contribution is 7.98. The molecule has 28 heavy (non-hydrogen) atoms. The third kappa shape index (κ3) is 3.87. The maximum absolute atomic E-state index is 12.7. The number of anilines is 1. The number of amides is 1. The van der Waals surface area contributed by atoms with E-state index < -0.39 is 6.04 Å². The predicted octanol–water partition coefficient (Wildman–Crippen LogP) is 3.18. The van der Waals surface area contributed by atoms with Gasteiger partial charge >= 0.3 is 0 Å². The van der Waals surface area contributed by atoms with Crippen molar-refractivity contribution in [2.45, 2.75) is 31.7 Å². The van der Waals surface area contributed by atoms with Gasteiger partial charge < -0.3 is 5.32 Å². The fourth-order valence-electron chi connectivity index (χ4n) is 3.04. The second kappa shape index (κ2) is 8.02. The molecule has 0 aliphatic carbocycles. The van der Waals surface area contributed by atoms with Crippen LogP contribution in [0.4, 0.5) is 5.69 Å². The highest BCUT2D eigenvalue weighted by atomic mass is 32.2. The van der Waals surface area contributed by atoms with Gasteiger partial charge in [-0.25, -0.2) is 4.68 Å². The molecule has 1 aromatic carbocycles. The third-order valence-electron chi connectivity index (χ3n) is 4.67. The number of benzene rings is 1. The van der Waals surface area contributed by atoms with Crippen LogP contribution in [0, 0.1) is 13.8 Å². The second-order valence-corrected chi connectivity index (χ2v) is 7.45. The lowest BCUT2D eigenvalue weighted by Crippen LogP contribution is -2.33. The van der Waals surface area contributed by atoms with Gasteiger partial charge in [-0.3, -0.25) is 14.3 Å². The standard InChI is InChI=1S/C20H23N5O2S/c1-12-19(13(2)24(4)22-12)17-9-10-18(26)25(23-17)14(3)20(27)21-15-7-6-8-16(11-15)28-5/h6-11,14H,1-5H3,(H,21,27)/t14-/m1/s1. The van der Waals surface area contributed by atoms with E-state index in [1.807, 2.05) is 51.4 Å². The zero-order valence-corrected chi connectivity index (χ0v) is 17.4. The average Bonchev–Trinajstić information content (AvgIpc) is 2.93. The van der Waals surface area contributed by atoms with Crippen LogP contribution < -0.4 is 10.9 Å². The van der Waals surface area contributed by atoms with Crippen LogP contribution in [-0.2, 0) is 11.8 Å². The first kappa shape index (κ1) is 19.9. The number of aromatic nitrogens is 4. The molecule has 1 atom stereocenters. The number of carbonyl (C=O) groups excluding carboxylic acids is 1. The lowest BCUT2D eigenvalue weighted by Gasteiger charge is -2.15. The molecule has 146 valence electrons. The number of nitrogens with one attached hydrogen (secondary N) is 1. The minimum Gasteiger partial charge on any atom is -0.324 e. The number of hydrogen-bond donors (Lipinski definition) is 1. The minimum atomic E-state index is -0.761. The Hall–Kier alpha value is -2.87. The Bertz CT molecular complexity index is 1090. The first-order valence-corrected chi connectivity index (χ1v) is 10.1. The average molecular weight is 398 g/mol. The fourth-order valence-corrected chi connectivity index (χ4v) is 3.50. The van der Waals surface area contributed by atoms with Crippen molar-refractivity contribution in [2.24, 2.45) is 7.05 Å². The van der Waals surface area contributed by atoms with Gasteiger partial charge in [0.2, 0.25) is 5.91 Å². The molecule has 2 heterocycles. The van der Waals surface area contributed by atoms with Gasteiger partial charge in [0.1, 0.15) is 6.04 Å². The third-order valence-corrected chi connectivity index (χ3v) is 5.40. The van der Waals surface area contributed by atoms with Crippen molar-refractivity contribution in [3.05, 3.63) is 58.1 Å². The van der Waals surface area contributed by atoms with Crippen LogP contribution in [0.25, 0.3) is 11.3 Å². The quantitative estimate of drug-likeness (QED) is 0.669. The lowest BCUT2D eigenvalue weighted by atomic mass is 10.1. The van der Waals surface area contributed by atoms with Crippen LogP contribution in [0.15, 0.2) is 46.1 Å². The summed E-state index contributed by atoms with van der Waals surface area (Å²) in [4.78, 5) is 26.1. The summed E-state index contributed by atoms with van der Waals surface area (Å²) in [5.41, 5.74) is 3.61. The van der Waals surface area contributed by atoms with E-state index in [9.17, 15) is 9.59 Å². The Labute approximate surface area is 167 Å². The molecule has 0 spiro atoms. The number of rotatable bonds is 5. The molecule has 0 bridgehead atoms. The van der Waals surface area contributed by atoms with Crippen molar-refractivity contribution in [3.63, 3.8) is 0 Å². The fraction of sp³-hybridized carbons (Fsp3) is 0.300. The summed E-state index contributed by atoms with van der Waals surface area (Å²) in [5.74, 6) is -0.301. The Balaban J connectivity index is 1.92. The van der Waals surface area contributed by atoms with Crippen LogP contribution in [0.5, 0.6) is 0 Å². The van der Waals surface area contributed by atoms with Crippen molar-refractivity contribution in [1.29, 1.82) is 0 Å². The smallest absolute Gasteiger partial charge is 0.267 e. The molecule has 0 unspecified atom stereocenters. The summed E-state index contributed by atoms with van der Waals surface area (Å²) in [6.45, 7) is 5.50. The zero-order valence-electron chi connectivity index (χ0n) is 16.6. The predicted molar refractivity (Wildman–Crippen MR) is 112 cm³/mol. The molecule has 2 aromatic heterocycles. The van der Waals surface area contributed by atoms with Gasteiger partial charge in [0.05, 0.1) is 11.4 Å². The molecule has 0 aliphatic heterocycles. The normalized spacial score (nSPS) is 12.0. The van der Waals surface area contributed by atoms with Crippen molar-refractivity contribution < 1.29 is 4.79 Å². The molecule has 0 saturated carbocycles. The number of hydrogen-bond acceptors (Lipinski definition) is 5. The number of nitrogens with zero attached hydrogens (tertiary/aromatic N) is 4. The van der Waals surface area contributed by atoms with E-state index in [1.165, 1.54) is 10.7 Å². The van der Waals surface area contributed by atoms with Crippen LogP contribution in [0.1, 0.15) is 24.4 Å². The largest absolute Gasteiger partial charge is 0.324 e. The highest BCUT2D eigenvalue weighted by Gasteiger charge is 2.20. The Morgan fingerprint density at radius 2 is 1.93 bits per heavy atom. The van der Waals surface area contributed by atoms with E-state index in [-0.39, 0.29) is 11.5 Å². The summed E-state index contributed by atoms with van der Waals surface area (Å²) >= 11 is 1.59. The van der Waals surface area contributed by atoms with Gasteiger partial charge in [-0.05, 0) is 51.3 Å². The Morgan fingerprint density at radius 1 is 1.18 bits per heavy atom. The minimum absolute atomic E-state index is 0.301. The maximum Gasteiger partial charge on any atom is 0.267 e. The van der Waals surface area contributed by atoms with Crippen molar-refractivity contribution >= 4 is 23.4 Å². The van der Waals surface area contributed by atoms with Gasteiger partial charge in [0.15, 0.2) is 0 Å². The van der Waals surface area contributed by atoms with Crippen molar-refractivity contribution in [1.82, 2.24) is 19.6 Å². The monoisotopic (exact) mass is 397 g/mol. The SMILES string of the molecule is CSc1cccc(NC(=O)[C@@H](C)n2nc(-c3c(C)nn(C)c3C)ccc2=O)c1. The summed E-state index contributed by atoms with van der Waals surface area (Å²) in [7, 11) is 1.86. The highest BCUT2D eigenvalue weighted by Crippen LogP contribution is 2.24. The van der Waals surface area contributed by atoms with Crippen LogP contribution in [0.2, 0.25) is 0 Å². The zero-order chi connectivity index (χ0) is 20.4. The van der Waals surface area contributed by atoms with Gasteiger partial charge in [-0.2, -0.15) is 10.2 Å². The number of carbonyl (C=O) groups is 1. The van der Waals surface area contributed by atoms with E-state index in [0.29, 0.717) is 11.4 Å². The van der Waals surface area contributed by atoms with E-state index >= 15 is 0 Å². The molecule has 8 heteroatoms. The topological polar surface area (TPSA) is 81.8 Å². The number of aryl methyl sites for hydroxylation is 2. The van der Waals surface area contributed by atoms with E-state index in [1.54, 1.807) is 29.4 Å². The van der Waals surface area contributed by atoms with Gasteiger partial charge in [-0.1, -0.05) is 6.07 Å². The molecule has 0 saturated heterocycles. The van der Waals surface area contributed by atoms with Crippen LogP contribution in [-0.4, -0.2) is 31.7 Å². The van der Waals surface area contributed by atoms with E-state index in [4.69, 9.17) is 0 Å². The first-order valence-electron chi connectivity index (χ1n) is 8.87. The Morgan fingerprint density at radius 3 is 2.57 bits per heavy atom. The summed E-state index contributed by atoms with van der Waals surface area (Å²) in [6.07, 6.45) is 1.97. The molecule has 7 nitrogen and oxygen atoms in total. The second-order valence-electron chi connectivity index (χ2n) is 6.57. The molecule has 3 rings (SSSR count). The summed E-state index contributed by atoms with van der Waals surface area (Å²) in [5, 5.41) is 11.7. The molecule has 1 amide bonds.